The molecule has 0 aliphatic carbocycles. The van der Waals surface area contributed by atoms with Gasteiger partial charge < -0.3 is 14.9 Å². The number of nitrogens with zero attached hydrogens (tertiary/aromatic N) is 4. The summed E-state index contributed by atoms with van der Waals surface area (Å²) in [5.74, 6) is -0.307. The minimum absolute atomic E-state index is 0.0950. The van der Waals surface area contributed by atoms with E-state index in [4.69, 9.17) is 0 Å². The quantitative estimate of drug-likeness (QED) is 0.862. The van der Waals surface area contributed by atoms with Crippen molar-refractivity contribution >= 4 is 11.7 Å². The molecule has 1 aromatic rings. The number of likely N-dealkylation sites (N-methyl/N-ethyl adjacent to an activating group) is 1. The second-order valence-electron chi connectivity index (χ2n) is 5.89. The normalized spacial score (nSPS) is 15.6. The van der Waals surface area contributed by atoms with Crippen molar-refractivity contribution in [3.05, 3.63) is 17.7 Å². The third kappa shape index (κ3) is 3.91. The van der Waals surface area contributed by atoms with Crippen LogP contribution in [-0.2, 0) is 0 Å². The molecule has 0 amide bonds. The Hall–Kier alpha value is -1.69. The van der Waals surface area contributed by atoms with Crippen LogP contribution in [-0.4, -0.2) is 59.2 Å². The lowest BCUT2D eigenvalue weighted by Gasteiger charge is -2.24. The molecule has 0 saturated carbocycles. The van der Waals surface area contributed by atoms with Crippen molar-refractivity contribution < 1.29 is 9.90 Å². The molecule has 1 N–H and O–H groups in total. The van der Waals surface area contributed by atoms with Crippen LogP contribution < -0.4 is 4.90 Å². The maximum absolute atomic E-state index is 11.4. The highest BCUT2D eigenvalue weighted by molar-refractivity contribution is 5.91. The first kappa shape index (κ1) is 15.7. The average molecular weight is 292 g/mol. The molecule has 0 spiro atoms. The fourth-order valence-corrected chi connectivity index (χ4v) is 2.52. The summed E-state index contributed by atoms with van der Waals surface area (Å²) in [6.45, 7) is 7.92. The predicted molar refractivity (Wildman–Crippen MR) is 82.0 cm³/mol. The molecule has 21 heavy (non-hydrogen) atoms. The van der Waals surface area contributed by atoms with Crippen LogP contribution in [0.1, 0.15) is 48.9 Å². The number of hydrogen-bond donors (Lipinski definition) is 1. The number of aromatic nitrogens is 2. The van der Waals surface area contributed by atoms with Crippen molar-refractivity contribution in [2.45, 2.75) is 32.6 Å². The highest BCUT2D eigenvalue weighted by atomic mass is 16.4. The van der Waals surface area contributed by atoms with Crippen molar-refractivity contribution in [2.24, 2.45) is 0 Å². The number of carboxylic acids is 1. The fourth-order valence-electron chi connectivity index (χ4n) is 2.52. The summed E-state index contributed by atoms with van der Waals surface area (Å²) < 4.78 is 0. The van der Waals surface area contributed by atoms with Crippen LogP contribution in [0.4, 0.5) is 5.69 Å². The number of aromatic carboxylic acids is 1. The molecule has 1 aliphatic rings. The third-order valence-electron chi connectivity index (χ3n) is 3.87. The fraction of sp³-hybridized carbons (Fsp3) is 0.667. The lowest BCUT2D eigenvalue weighted by Crippen LogP contribution is -2.32. The lowest BCUT2D eigenvalue weighted by molar-refractivity contribution is 0.0690. The minimum atomic E-state index is -0.998. The summed E-state index contributed by atoms with van der Waals surface area (Å²) in [6.07, 6.45) is 4.16. The van der Waals surface area contributed by atoms with Gasteiger partial charge in [0.2, 0.25) is 0 Å². The predicted octanol–water partition coefficient (Wildman–Crippen LogP) is 1.83. The second-order valence-corrected chi connectivity index (χ2v) is 5.89. The highest BCUT2D eigenvalue weighted by Gasteiger charge is 2.19. The van der Waals surface area contributed by atoms with E-state index in [9.17, 15) is 9.90 Å². The molecule has 1 aromatic heterocycles. The molecule has 1 saturated heterocycles. The van der Waals surface area contributed by atoms with E-state index in [0.717, 1.165) is 26.2 Å². The van der Waals surface area contributed by atoms with Gasteiger partial charge in [0.15, 0.2) is 5.69 Å². The minimum Gasteiger partial charge on any atom is -0.476 e. The Labute approximate surface area is 125 Å². The van der Waals surface area contributed by atoms with E-state index in [1.54, 1.807) is 6.20 Å². The zero-order chi connectivity index (χ0) is 15.4. The van der Waals surface area contributed by atoms with Gasteiger partial charge in [-0.2, -0.15) is 0 Å². The Balaban J connectivity index is 2.11. The van der Waals surface area contributed by atoms with Gasteiger partial charge in [0.1, 0.15) is 5.82 Å². The Morgan fingerprint density at radius 3 is 2.67 bits per heavy atom. The van der Waals surface area contributed by atoms with Gasteiger partial charge in [0.25, 0.3) is 0 Å². The Kier molecular flexibility index (Phi) is 5.12. The summed E-state index contributed by atoms with van der Waals surface area (Å²) in [5, 5.41) is 9.37. The first-order valence-electron chi connectivity index (χ1n) is 7.52. The lowest BCUT2D eigenvalue weighted by atomic mass is 10.2. The molecule has 0 atom stereocenters. The number of likely N-dealkylation sites (tertiary alicyclic amines) is 1. The number of carboxylic acid groups (broad SMARTS) is 1. The first-order valence-corrected chi connectivity index (χ1v) is 7.52. The average Bonchev–Trinajstić information content (AvgIpc) is 2.97. The molecular weight excluding hydrogens is 268 g/mol. The maximum atomic E-state index is 11.4. The van der Waals surface area contributed by atoms with Gasteiger partial charge in [0, 0.05) is 26.1 Å². The molecule has 116 valence electrons. The molecule has 6 heteroatoms. The summed E-state index contributed by atoms with van der Waals surface area (Å²) >= 11 is 0. The summed E-state index contributed by atoms with van der Waals surface area (Å²) in [7, 11) is 1.90. The molecular formula is C15H24N4O2. The SMILES string of the molecule is CC(C)c1ncc(N(C)CCN2CCCC2)c(C(=O)O)n1. The van der Waals surface area contributed by atoms with Crippen molar-refractivity contribution in [2.75, 3.05) is 38.1 Å². The second kappa shape index (κ2) is 6.85. The molecule has 2 heterocycles. The van der Waals surface area contributed by atoms with Crippen molar-refractivity contribution in [1.82, 2.24) is 14.9 Å². The molecule has 0 bridgehead atoms. The molecule has 0 radical (unpaired) electrons. The van der Waals surface area contributed by atoms with Gasteiger partial charge >= 0.3 is 5.97 Å². The van der Waals surface area contributed by atoms with Gasteiger partial charge in [0.05, 0.1) is 11.9 Å². The van der Waals surface area contributed by atoms with E-state index in [0.29, 0.717) is 11.5 Å². The molecule has 1 fully saturated rings. The number of rotatable bonds is 6. The smallest absolute Gasteiger partial charge is 0.356 e. The standard InChI is InChI=1S/C15H24N4O2/c1-11(2)14-16-10-12(13(17-14)15(20)21)18(3)8-9-19-6-4-5-7-19/h10-11H,4-9H2,1-3H3,(H,20,21). The van der Waals surface area contributed by atoms with Gasteiger partial charge in [-0.05, 0) is 25.9 Å². The van der Waals surface area contributed by atoms with Crippen molar-refractivity contribution in [3.63, 3.8) is 0 Å². The van der Waals surface area contributed by atoms with Crippen molar-refractivity contribution in [1.29, 1.82) is 0 Å². The van der Waals surface area contributed by atoms with Crippen LogP contribution in [0, 0.1) is 0 Å². The largest absolute Gasteiger partial charge is 0.476 e. The van der Waals surface area contributed by atoms with Crippen LogP contribution in [0.5, 0.6) is 0 Å². The Morgan fingerprint density at radius 2 is 2.10 bits per heavy atom. The van der Waals surface area contributed by atoms with Crippen LogP contribution in [0.2, 0.25) is 0 Å². The van der Waals surface area contributed by atoms with E-state index >= 15 is 0 Å². The number of carbonyl (C=O) groups is 1. The Morgan fingerprint density at radius 1 is 1.43 bits per heavy atom. The number of hydrogen-bond acceptors (Lipinski definition) is 5. The van der Waals surface area contributed by atoms with Crippen LogP contribution in [0.15, 0.2) is 6.20 Å². The van der Waals surface area contributed by atoms with E-state index in [1.165, 1.54) is 12.8 Å². The summed E-state index contributed by atoms with van der Waals surface area (Å²) in [6, 6.07) is 0. The Bertz CT molecular complexity index is 498. The van der Waals surface area contributed by atoms with Gasteiger partial charge in [-0.15, -0.1) is 0 Å². The van der Waals surface area contributed by atoms with Crippen LogP contribution in [0.25, 0.3) is 0 Å². The van der Waals surface area contributed by atoms with Gasteiger partial charge in [-0.3, -0.25) is 0 Å². The van der Waals surface area contributed by atoms with Crippen LogP contribution >= 0.6 is 0 Å². The monoisotopic (exact) mass is 292 g/mol. The van der Waals surface area contributed by atoms with E-state index < -0.39 is 5.97 Å². The summed E-state index contributed by atoms with van der Waals surface area (Å²) in [4.78, 5) is 24.3. The van der Waals surface area contributed by atoms with Crippen molar-refractivity contribution in [3.8, 4) is 0 Å². The van der Waals surface area contributed by atoms with Crippen LogP contribution in [0.3, 0.4) is 0 Å². The van der Waals surface area contributed by atoms with E-state index in [-0.39, 0.29) is 11.6 Å². The molecule has 0 unspecified atom stereocenters. The molecule has 1 aliphatic heterocycles. The zero-order valence-electron chi connectivity index (χ0n) is 13.0. The molecule has 2 rings (SSSR count). The highest BCUT2D eigenvalue weighted by Crippen LogP contribution is 2.19. The van der Waals surface area contributed by atoms with Gasteiger partial charge in [-0.25, -0.2) is 14.8 Å². The maximum Gasteiger partial charge on any atom is 0.356 e. The van der Waals surface area contributed by atoms with E-state index in [2.05, 4.69) is 14.9 Å². The van der Waals surface area contributed by atoms with E-state index in [1.807, 2.05) is 25.8 Å². The molecule has 6 nitrogen and oxygen atoms in total. The molecule has 0 aromatic carbocycles. The summed E-state index contributed by atoms with van der Waals surface area (Å²) in [5.41, 5.74) is 0.684. The zero-order valence-corrected chi connectivity index (χ0v) is 13.0. The number of anilines is 1. The van der Waals surface area contributed by atoms with Gasteiger partial charge in [-0.1, -0.05) is 13.8 Å². The first-order chi connectivity index (χ1) is 9.99. The topological polar surface area (TPSA) is 69.6 Å². The third-order valence-corrected chi connectivity index (χ3v) is 3.87.